The molecule has 0 amide bonds. The van der Waals surface area contributed by atoms with Crippen molar-refractivity contribution in [1.82, 2.24) is 5.32 Å². The van der Waals surface area contributed by atoms with Gasteiger partial charge < -0.3 is 20.7 Å². The molecule has 0 spiro atoms. The van der Waals surface area contributed by atoms with Gasteiger partial charge in [-0.2, -0.15) is 0 Å². The van der Waals surface area contributed by atoms with Gasteiger partial charge >= 0.3 is 0 Å². The summed E-state index contributed by atoms with van der Waals surface area (Å²) in [6.45, 7) is 5.32. The first-order valence-electron chi connectivity index (χ1n) is 6.16. The highest BCUT2D eigenvalue weighted by molar-refractivity contribution is 5.62. The van der Waals surface area contributed by atoms with Crippen molar-refractivity contribution in [1.29, 1.82) is 0 Å². The molecule has 1 aromatic rings. The van der Waals surface area contributed by atoms with Crippen molar-refractivity contribution in [3.8, 4) is 5.75 Å². The minimum absolute atomic E-state index is 0.601. The van der Waals surface area contributed by atoms with Crippen molar-refractivity contribution < 1.29 is 4.74 Å². The van der Waals surface area contributed by atoms with Crippen LogP contribution in [0.5, 0.6) is 5.75 Å². The van der Waals surface area contributed by atoms with Gasteiger partial charge in [-0.15, -0.1) is 0 Å². The zero-order chi connectivity index (χ0) is 12.3. The van der Waals surface area contributed by atoms with Crippen LogP contribution in [0.2, 0.25) is 0 Å². The maximum absolute atomic E-state index is 5.82. The summed E-state index contributed by atoms with van der Waals surface area (Å²) in [5.74, 6) is 0.759. The lowest BCUT2D eigenvalue weighted by atomic mass is 10.2. The van der Waals surface area contributed by atoms with Crippen LogP contribution in [-0.4, -0.2) is 32.8 Å². The van der Waals surface area contributed by atoms with Crippen LogP contribution in [0.4, 0.5) is 11.4 Å². The number of methoxy groups -OCH3 is 1. The minimum atomic E-state index is 0.601. The summed E-state index contributed by atoms with van der Waals surface area (Å²) in [6.07, 6.45) is 1.19. The highest BCUT2D eigenvalue weighted by Gasteiger charge is 2.22. The second kappa shape index (κ2) is 5.27. The number of ether oxygens (including phenoxy) is 1. The summed E-state index contributed by atoms with van der Waals surface area (Å²) >= 11 is 0. The summed E-state index contributed by atoms with van der Waals surface area (Å²) < 4.78 is 5.25. The second-order valence-electron chi connectivity index (χ2n) is 4.42. The van der Waals surface area contributed by atoms with Gasteiger partial charge in [-0.25, -0.2) is 0 Å². The summed E-state index contributed by atoms with van der Waals surface area (Å²) in [5, 5.41) is 3.49. The zero-order valence-corrected chi connectivity index (χ0v) is 10.6. The molecule has 2 rings (SSSR count). The van der Waals surface area contributed by atoms with Crippen LogP contribution in [0.25, 0.3) is 0 Å². The molecule has 1 atom stereocenters. The normalized spacial score (nSPS) is 19.6. The van der Waals surface area contributed by atoms with E-state index in [0.717, 1.165) is 25.4 Å². The Balaban J connectivity index is 2.08. The van der Waals surface area contributed by atoms with Gasteiger partial charge in [-0.1, -0.05) is 6.92 Å². The Bertz CT molecular complexity index is 381. The predicted octanol–water partition coefficient (Wildman–Crippen LogP) is 1.47. The molecule has 0 bridgehead atoms. The van der Waals surface area contributed by atoms with Gasteiger partial charge in [0.1, 0.15) is 5.75 Å². The van der Waals surface area contributed by atoms with Crippen LogP contribution in [-0.2, 0) is 0 Å². The van der Waals surface area contributed by atoms with Gasteiger partial charge in [0.2, 0.25) is 0 Å². The van der Waals surface area contributed by atoms with E-state index in [-0.39, 0.29) is 0 Å². The lowest BCUT2D eigenvalue weighted by Gasteiger charge is -2.20. The molecule has 1 aliphatic heterocycles. The third kappa shape index (κ3) is 2.64. The monoisotopic (exact) mass is 235 g/mol. The van der Waals surface area contributed by atoms with Crippen LogP contribution in [0.3, 0.4) is 0 Å². The van der Waals surface area contributed by atoms with Gasteiger partial charge in [0.15, 0.2) is 0 Å². The maximum atomic E-state index is 5.82. The molecule has 1 heterocycles. The van der Waals surface area contributed by atoms with Crippen molar-refractivity contribution in [2.45, 2.75) is 19.4 Å². The van der Waals surface area contributed by atoms with Crippen molar-refractivity contribution >= 4 is 11.4 Å². The fraction of sp³-hybridized carbons (Fsp3) is 0.538. The average Bonchev–Trinajstić information content (AvgIpc) is 2.79. The third-order valence-corrected chi connectivity index (χ3v) is 3.26. The predicted molar refractivity (Wildman–Crippen MR) is 71.7 cm³/mol. The Morgan fingerprint density at radius 2 is 2.35 bits per heavy atom. The molecular formula is C13H21N3O. The molecule has 0 aromatic heterocycles. The van der Waals surface area contributed by atoms with E-state index in [2.05, 4.69) is 23.2 Å². The number of anilines is 2. The van der Waals surface area contributed by atoms with E-state index in [0.29, 0.717) is 11.7 Å². The van der Waals surface area contributed by atoms with E-state index >= 15 is 0 Å². The molecule has 1 saturated heterocycles. The van der Waals surface area contributed by atoms with E-state index < -0.39 is 0 Å². The maximum Gasteiger partial charge on any atom is 0.143 e. The molecule has 1 aromatic carbocycles. The zero-order valence-electron chi connectivity index (χ0n) is 10.6. The van der Waals surface area contributed by atoms with Crippen LogP contribution >= 0.6 is 0 Å². The van der Waals surface area contributed by atoms with Gasteiger partial charge in [0.05, 0.1) is 12.8 Å². The first-order chi connectivity index (χ1) is 8.24. The molecule has 4 nitrogen and oxygen atoms in total. The molecule has 94 valence electrons. The van der Waals surface area contributed by atoms with Crippen molar-refractivity contribution in [3.63, 3.8) is 0 Å². The average molecular weight is 235 g/mol. The number of nitrogens with one attached hydrogen (secondary N) is 1. The molecule has 1 unspecified atom stereocenters. The molecular weight excluding hydrogens is 214 g/mol. The second-order valence-corrected chi connectivity index (χ2v) is 4.42. The molecule has 0 saturated carbocycles. The number of nitrogens with zero attached hydrogens (tertiary/aromatic N) is 1. The Kier molecular flexibility index (Phi) is 3.74. The number of hydrogen-bond donors (Lipinski definition) is 2. The summed E-state index contributed by atoms with van der Waals surface area (Å²) in [4.78, 5) is 2.37. The van der Waals surface area contributed by atoms with E-state index in [1.807, 2.05) is 12.1 Å². The number of likely N-dealkylation sites (N-methyl/N-ethyl adjacent to an activating group) is 1. The summed E-state index contributed by atoms with van der Waals surface area (Å²) in [5.41, 5.74) is 7.70. The number of benzene rings is 1. The van der Waals surface area contributed by atoms with Crippen molar-refractivity contribution in [2.24, 2.45) is 0 Å². The number of hydrogen-bond acceptors (Lipinski definition) is 4. The number of rotatable bonds is 4. The van der Waals surface area contributed by atoms with Gasteiger partial charge in [-0.05, 0) is 25.1 Å². The molecule has 1 fully saturated rings. The number of nitrogens with two attached hydrogens (primary N) is 1. The van der Waals surface area contributed by atoms with Gasteiger partial charge in [-0.3, -0.25) is 0 Å². The topological polar surface area (TPSA) is 50.5 Å². The molecule has 1 aliphatic rings. The van der Waals surface area contributed by atoms with Crippen molar-refractivity contribution in [2.75, 3.05) is 37.4 Å². The first-order valence-corrected chi connectivity index (χ1v) is 6.16. The van der Waals surface area contributed by atoms with E-state index in [1.165, 1.54) is 12.1 Å². The summed E-state index contributed by atoms with van der Waals surface area (Å²) in [7, 11) is 1.65. The Labute approximate surface area is 103 Å². The molecule has 4 heteroatoms. The lowest BCUT2D eigenvalue weighted by molar-refractivity contribution is 0.417. The SMILES string of the molecule is CCNC1CCN(c2ccc(N)c(OC)c2)C1. The van der Waals surface area contributed by atoms with Crippen LogP contribution in [0.15, 0.2) is 18.2 Å². The third-order valence-electron chi connectivity index (χ3n) is 3.26. The lowest BCUT2D eigenvalue weighted by Crippen LogP contribution is -2.32. The van der Waals surface area contributed by atoms with Crippen molar-refractivity contribution in [3.05, 3.63) is 18.2 Å². The first kappa shape index (κ1) is 12.0. The van der Waals surface area contributed by atoms with Crippen LogP contribution in [0.1, 0.15) is 13.3 Å². The van der Waals surface area contributed by atoms with E-state index in [9.17, 15) is 0 Å². The highest BCUT2D eigenvalue weighted by Crippen LogP contribution is 2.29. The van der Waals surface area contributed by atoms with E-state index in [4.69, 9.17) is 10.5 Å². The minimum Gasteiger partial charge on any atom is -0.495 e. The van der Waals surface area contributed by atoms with E-state index in [1.54, 1.807) is 7.11 Å². The fourth-order valence-electron chi connectivity index (χ4n) is 2.35. The quantitative estimate of drug-likeness (QED) is 0.776. The standard InChI is InChI=1S/C13H21N3O/c1-3-15-10-6-7-16(9-10)11-4-5-12(14)13(8-11)17-2/h4-5,8,10,15H,3,6-7,9,14H2,1-2H3. The smallest absolute Gasteiger partial charge is 0.143 e. The molecule has 17 heavy (non-hydrogen) atoms. The number of nitrogen functional groups attached to an aromatic ring is 1. The molecule has 0 aliphatic carbocycles. The van der Waals surface area contributed by atoms with Gasteiger partial charge in [0, 0.05) is 30.9 Å². The van der Waals surface area contributed by atoms with Crippen LogP contribution < -0.4 is 20.7 Å². The Morgan fingerprint density at radius 3 is 3.06 bits per heavy atom. The van der Waals surface area contributed by atoms with Gasteiger partial charge in [0.25, 0.3) is 0 Å². The Hall–Kier alpha value is -1.42. The molecule has 0 radical (unpaired) electrons. The molecule has 3 N–H and O–H groups in total. The highest BCUT2D eigenvalue weighted by atomic mass is 16.5. The fourth-order valence-corrected chi connectivity index (χ4v) is 2.35. The largest absolute Gasteiger partial charge is 0.495 e. The van der Waals surface area contributed by atoms with Crippen LogP contribution in [0, 0.1) is 0 Å². The summed E-state index contributed by atoms with van der Waals surface area (Å²) in [6, 6.07) is 6.59. The Morgan fingerprint density at radius 1 is 1.53 bits per heavy atom.